The molecule has 33 heavy (non-hydrogen) atoms. The van der Waals surface area contributed by atoms with E-state index in [0.717, 1.165) is 5.39 Å². The Hall–Kier alpha value is -4.52. The number of benzene rings is 3. The van der Waals surface area contributed by atoms with Crippen molar-refractivity contribution in [3.63, 3.8) is 0 Å². The van der Waals surface area contributed by atoms with E-state index in [1.165, 1.54) is 6.07 Å². The predicted octanol–water partition coefficient (Wildman–Crippen LogP) is 5.48. The molecule has 3 aromatic carbocycles. The van der Waals surface area contributed by atoms with Gasteiger partial charge >= 0.3 is 0 Å². The molecule has 164 valence electrons. The highest BCUT2D eigenvalue weighted by Crippen LogP contribution is 2.33. The standard InChI is InChI=1S/C26H19NO6/c1-30-22-9-7-16(11-24(22)31-2)23-14-19(28)18-13-17(8-10-21(18)33-23)27-26(29)25-12-15-5-3-4-6-20(15)32-25/h3-14H,1-2H3,(H,27,29). The third-order valence-electron chi connectivity index (χ3n) is 5.30. The fourth-order valence-corrected chi connectivity index (χ4v) is 3.65. The molecular formula is C26H19NO6. The summed E-state index contributed by atoms with van der Waals surface area (Å²) < 4.78 is 22.1. The minimum Gasteiger partial charge on any atom is -0.493 e. The molecule has 5 aromatic rings. The van der Waals surface area contributed by atoms with Crippen LogP contribution >= 0.6 is 0 Å². The van der Waals surface area contributed by atoms with Gasteiger partial charge in [0.15, 0.2) is 22.7 Å². The Bertz CT molecular complexity index is 1530. The minimum absolute atomic E-state index is 0.187. The van der Waals surface area contributed by atoms with Crippen molar-refractivity contribution in [3.8, 4) is 22.8 Å². The van der Waals surface area contributed by atoms with E-state index in [2.05, 4.69) is 5.32 Å². The number of hydrogen-bond acceptors (Lipinski definition) is 6. The van der Waals surface area contributed by atoms with Gasteiger partial charge < -0.3 is 23.6 Å². The average Bonchev–Trinajstić information content (AvgIpc) is 3.28. The Morgan fingerprint density at radius 3 is 2.42 bits per heavy atom. The summed E-state index contributed by atoms with van der Waals surface area (Å²) in [5.74, 6) is 1.28. The van der Waals surface area contributed by atoms with Gasteiger partial charge in [0.1, 0.15) is 16.9 Å². The summed E-state index contributed by atoms with van der Waals surface area (Å²) in [6, 6.07) is 20.6. The SMILES string of the molecule is COc1ccc(-c2cc(=O)c3cc(NC(=O)c4cc5ccccc5o4)ccc3o2)cc1OC. The topological polar surface area (TPSA) is 90.9 Å². The average molecular weight is 441 g/mol. The van der Waals surface area contributed by atoms with E-state index < -0.39 is 5.91 Å². The van der Waals surface area contributed by atoms with Gasteiger partial charge in [0.2, 0.25) is 0 Å². The van der Waals surface area contributed by atoms with Crippen LogP contribution in [0.15, 0.2) is 86.4 Å². The predicted molar refractivity (Wildman–Crippen MR) is 125 cm³/mol. The summed E-state index contributed by atoms with van der Waals surface area (Å²) in [4.78, 5) is 25.5. The van der Waals surface area contributed by atoms with Gasteiger partial charge in [-0.3, -0.25) is 9.59 Å². The number of nitrogens with one attached hydrogen (secondary N) is 1. The highest BCUT2D eigenvalue weighted by molar-refractivity contribution is 6.05. The second-order valence-corrected chi connectivity index (χ2v) is 7.36. The number of ether oxygens (including phenoxy) is 2. The molecule has 7 nitrogen and oxygen atoms in total. The Balaban J connectivity index is 1.46. The van der Waals surface area contributed by atoms with E-state index in [-0.39, 0.29) is 11.2 Å². The summed E-state index contributed by atoms with van der Waals surface area (Å²) in [5.41, 5.74) is 1.92. The van der Waals surface area contributed by atoms with Crippen molar-refractivity contribution >= 4 is 33.5 Å². The molecule has 0 saturated heterocycles. The quantitative estimate of drug-likeness (QED) is 0.389. The van der Waals surface area contributed by atoms with Gasteiger partial charge in [-0.1, -0.05) is 18.2 Å². The van der Waals surface area contributed by atoms with Crippen LogP contribution in [0.25, 0.3) is 33.3 Å². The summed E-state index contributed by atoms with van der Waals surface area (Å²) >= 11 is 0. The van der Waals surface area contributed by atoms with Crippen LogP contribution in [0.4, 0.5) is 5.69 Å². The molecule has 0 aliphatic heterocycles. The fraction of sp³-hybridized carbons (Fsp3) is 0.0769. The lowest BCUT2D eigenvalue weighted by Gasteiger charge is -2.10. The largest absolute Gasteiger partial charge is 0.493 e. The number of rotatable bonds is 5. The smallest absolute Gasteiger partial charge is 0.291 e. The third kappa shape index (κ3) is 3.80. The van der Waals surface area contributed by atoms with E-state index in [1.54, 1.807) is 62.8 Å². The normalized spacial score (nSPS) is 11.0. The molecule has 0 fully saturated rings. The molecule has 5 rings (SSSR count). The first-order valence-electron chi connectivity index (χ1n) is 10.2. The summed E-state index contributed by atoms with van der Waals surface area (Å²) in [6.45, 7) is 0. The molecule has 2 aromatic heterocycles. The maximum Gasteiger partial charge on any atom is 0.291 e. The molecule has 0 aliphatic rings. The minimum atomic E-state index is -0.406. The van der Waals surface area contributed by atoms with Crippen LogP contribution in [0.2, 0.25) is 0 Å². The molecule has 0 radical (unpaired) electrons. The number of hydrogen-bond donors (Lipinski definition) is 1. The Morgan fingerprint density at radius 2 is 1.64 bits per heavy atom. The van der Waals surface area contributed by atoms with Crippen LogP contribution in [-0.4, -0.2) is 20.1 Å². The molecule has 0 bridgehead atoms. The van der Waals surface area contributed by atoms with E-state index in [4.69, 9.17) is 18.3 Å². The maximum atomic E-state index is 12.8. The van der Waals surface area contributed by atoms with Crippen molar-refractivity contribution in [1.29, 1.82) is 0 Å². The lowest BCUT2D eigenvalue weighted by atomic mass is 10.1. The number of anilines is 1. The van der Waals surface area contributed by atoms with Crippen LogP contribution in [-0.2, 0) is 0 Å². The van der Waals surface area contributed by atoms with Crippen molar-refractivity contribution in [2.24, 2.45) is 0 Å². The fourth-order valence-electron chi connectivity index (χ4n) is 3.65. The monoisotopic (exact) mass is 441 g/mol. The van der Waals surface area contributed by atoms with Gasteiger partial charge in [0, 0.05) is 22.7 Å². The highest BCUT2D eigenvalue weighted by Gasteiger charge is 2.15. The van der Waals surface area contributed by atoms with Crippen LogP contribution in [0.1, 0.15) is 10.6 Å². The van der Waals surface area contributed by atoms with E-state index in [9.17, 15) is 9.59 Å². The zero-order valence-corrected chi connectivity index (χ0v) is 17.9. The molecule has 0 saturated carbocycles. The second kappa shape index (κ2) is 8.20. The molecule has 7 heteroatoms. The number of furan rings is 1. The van der Waals surface area contributed by atoms with E-state index in [1.807, 2.05) is 18.2 Å². The number of amides is 1. The first kappa shape index (κ1) is 20.4. The number of methoxy groups -OCH3 is 2. The second-order valence-electron chi connectivity index (χ2n) is 7.36. The molecule has 2 heterocycles. The van der Waals surface area contributed by atoms with Crippen molar-refractivity contribution in [2.45, 2.75) is 0 Å². The van der Waals surface area contributed by atoms with Gasteiger partial charge in [-0.25, -0.2) is 0 Å². The van der Waals surface area contributed by atoms with Crippen LogP contribution in [0.3, 0.4) is 0 Å². The highest BCUT2D eigenvalue weighted by atomic mass is 16.5. The number of para-hydroxylation sites is 1. The van der Waals surface area contributed by atoms with Gasteiger partial charge in [0.25, 0.3) is 5.91 Å². The molecular weight excluding hydrogens is 422 g/mol. The first-order valence-corrected chi connectivity index (χ1v) is 10.2. The van der Waals surface area contributed by atoms with Gasteiger partial charge in [-0.2, -0.15) is 0 Å². The van der Waals surface area contributed by atoms with Crippen molar-refractivity contribution in [2.75, 3.05) is 19.5 Å². The number of carbonyl (C=O) groups excluding carboxylic acids is 1. The zero-order valence-electron chi connectivity index (χ0n) is 17.9. The first-order chi connectivity index (χ1) is 16.1. The Morgan fingerprint density at radius 1 is 0.818 bits per heavy atom. The van der Waals surface area contributed by atoms with Crippen molar-refractivity contribution in [1.82, 2.24) is 0 Å². The zero-order chi connectivity index (χ0) is 22.9. The molecule has 0 spiro atoms. The molecule has 1 N–H and O–H groups in total. The summed E-state index contributed by atoms with van der Waals surface area (Å²) in [7, 11) is 3.09. The van der Waals surface area contributed by atoms with Crippen LogP contribution < -0.4 is 20.2 Å². The molecule has 0 unspecified atom stereocenters. The maximum absolute atomic E-state index is 12.8. The summed E-state index contributed by atoms with van der Waals surface area (Å²) in [6.07, 6.45) is 0. The van der Waals surface area contributed by atoms with Crippen molar-refractivity contribution < 1.29 is 23.1 Å². The third-order valence-corrected chi connectivity index (χ3v) is 5.30. The lowest BCUT2D eigenvalue weighted by molar-refractivity contribution is 0.0998. The molecule has 1 amide bonds. The van der Waals surface area contributed by atoms with E-state index in [0.29, 0.717) is 45.1 Å². The Labute approximate surface area is 188 Å². The summed E-state index contributed by atoms with van der Waals surface area (Å²) in [5, 5.41) is 3.96. The van der Waals surface area contributed by atoms with Crippen molar-refractivity contribution in [3.05, 3.63) is 88.8 Å². The van der Waals surface area contributed by atoms with Crippen LogP contribution in [0.5, 0.6) is 11.5 Å². The molecule has 0 aliphatic carbocycles. The number of fused-ring (bicyclic) bond motifs is 2. The van der Waals surface area contributed by atoms with Gasteiger partial charge in [0.05, 0.1) is 19.6 Å². The van der Waals surface area contributed by atoms with Gasteiger partial charge in [-0.05, 0) is 48.5 Å². The molecule has 0 atom stereocenters. The van der Waals surface area contributed by atoms with E-state index >= 15 is 0 Å². The lowest BCUT2D eigenvalue weighted by Crippen LogP contribution is -2.11. The number of carbonyl (C=O) groups is 1. The van der Waals surface area contributed by atoms with Gasteiger partial charge in [-0.15, -0.1) is 0 Å². The van der Waals surface area contributed by atoms with Crippen LogP contribution in [0, 0.1) is 0 Å². The Kier molecular flexibility index (Phi) is 5.06.